The van der Waals surface area contributed by atoms with Gasteiger partial charge in [0.25, 0.3) is 6.43 Å². The lowest BCUT2D eigenvalue weighted by Crippen LogP contribution is -1.96. The van der Waals surface area contributed by atoms with Gasteiger partial charge in [0.05, 0.1) is 6.61 Å². The number of rotatable bonds is 2. The third kappa shape index (κ3) is 1.73. The fourth-order valence-electron chi connectivity index (χ4n) is 0.710. The summed E-state index contributed by atoms with van der Waals surface area (Å²) in [5, 5.41) is 8.48. The van der Waals surface area contributed by atoms with Crippen molar-refractivity contribution in [3.8, 4) is 0 Å². The van der Waals surface area contributed by atoms with Crippen LogP contribution in [0.25, 0.3) is 0 Å². The molecule has 0 bridgehead atoms. The van der Waals surface area contributed by atoms with E-state index in [4.69, 9.17) is 5.11 Å². The number of alkyl halides is 2. The van der Waals surface area contributed by atoms with Gasteiger partial charge in [-0.15, -0.1) is 0 Å². The zero-order valence-electron chi connectivity index (χ0n) is 5.97. The summed E-state index contributed by atoms with van der Waals surface area (Å²) in [6, 6.07) is 0.621. The Hall–Kier alpha value is -1.10. The number of hydrogen-bond donors (Lipinski definition) is 1. The number of aromatic nitrogens is 1. The van der Waals surface area contributed by atoms with E-state index in [1.807, 2.05) is 0 Å². The standard InChI is InChI=1S/C7H6F3NO/c8-5-1-6(7(9)10)11-2-4(5)3-12/h1-2,7,12H,3H2. The molecule has 66 valence electrons. The van der Waals surface area contributed by atoms with Crippen molar-refractivity contribution in [1.82, 2.24) is 4.98 Å². The predicted octanol–water partition coefficient (Wildman–Crippen LogP) is 1.65. The van der Waals surface area contributed by atoms with Gasteiger partial charge in [-0.3, -0.25) is 4.98 Å². The maximum absolute atomic E-state index is 12.7. The Balaban J connectivity index is 3.02. The lowest BCUT2D eigenvalue weighted by atomic mass is 10.2. The second-order valence-corrected chi connectivity index (χ2v) is 2.16. The first-order chi connectivity index (χ1) is 5.65. The molecule has 0 spiro atoms. The molecule has 5 heteroatoms. The van der Waals surface area contributed by atoms with E-state index in [2.05, 4.69) is 4.98 Å². The maximum atomic E-state index is 12.7. The summed E-state index contributed by atoms with van der Waals surface area (Å²) >= 11 is 0. The highest BCUT2D eigenvalue weighted by Gasteiger charge is 2.11. The lowest BCUT2D eigenvalue weighted by Gasteiger charge is -2.01. The van der Waals surface area contributed by atoms with Crippen LogP contribution in [0.2, 0.25) is 0 Å². The molecule has 1 rings (SSSR count). The molecule has 0 fully saturated rings. The largest absolute Gasteiger partial charge is 0.392 e. The van der Waals surface area contributed by atoms with Gasteiger partial charge in [-0.25, -0.2) is 13.2 Å². The number of nitrogens with zero attached hydrogens (tertiary/aromatic N) is 1. The average Bonchev–Trinajstić information content (AvgIpc) is 2.04. The highest BCUT2D eigenvalue weighted by atomic mass is 19.3. The van der Waals surface area contributed by atoms with Gasteiger partial charge >= 0.3 is 0 Å². The fourth-order valence-corrected chi connectivity index (χ4v) is 0.710. The third-order valence-corrected chi connectivity index (χ3v) is 1.34. The van der Waals surface area contributed by atoms with Gasteiger partial charge in [-0.05, 0) is 0 Å². The maximum Gasteiger partial charge on any atom is 0.280 e. The molecular formula is C7H6F3NO. The minimum absolute atomic E-state index is 0.0839. The summed E-state index contributed by atoms with van der Waals surface area (Å²) in [5.74, 6) is -0.859. The van der Waals surface area contributed by atoms with Crippen LogP contribution in [0.4, 0.5) is 13.2 Å². The summed E-state index contributed by atoms with van der Waals surface area (Å²) in [6.07, 6.45) is -1.89. The van der Waals surface area contributed by atoms with Crippen LogP contribution in [0.1, 0.15) is 17.7 Å². The number of aliphatic hydroxyl groups excluding tert-OH is 1. The summed E-state index contributed by atoms with van der Waals surface area (Å²) in [7, 11) is 0. The lowest BCUT2D eigenvalue weighted by molar-refractivity contribution is 0.145. The molecule has 0 aliphatic rings. The van der Waals surface area contributed by atoms with Crippen LogP contribution in [0.3, 0.4) is 0 Å². The van der Waals surface area contributed by atoms with Crippen molar-refractivity contribution in [1.29, 1.82) is 0 Å². The molecule has 0 unspecified atom stereocenters. The summed E-state index contributed by atoms with van der Waals surface area (Å²) in [5.41, 5.74) is -0.705. The molecule has 0 saturated carbocycles. The van der Waals surface area contributed by atoms with E-state index in [-0.39, 0.29) is 5.56 Å². The number of pyridine rings is 1. The van der Waals surface area contributed by atoms with Crippen LogP contribution >= 0.6 is 0 Å². The molecule has 1 heterocycles. The van der Waals surface area contributed by atoms with Crippen molar-refractivity contribution in [2.75, 3.05) is 0 Å². The van der Waals surface area contributed by atoms with Crippen LogP contribution in [0.15, 0.2) is 12.3 Å². The monoisotopic (exact) mass is 177 g/mol. The van der Waals surface area contributed by atoms with Crippen LogP contribution in [-0.4, -0.2) is 10.1 Å². The molecule has 2 nitrogen and oxygen atoms in total. The molecule has 0 saturated heterocycles. The Bertz CT molecular complexity index is 277. The Kier molecular flexibility index (Phi) is 2.65. The molecule has 1 aromatic heterocycles. The quantitative estimate of drug-likeness (QED) is 0.745. The van der Waals surface area contributed by atoms with Gasteiger partial charge in [-0.2, -0.15) is 0 Å². The molecular weight excluding hydrogens is 171 g/mol. The van der Waals surface area contributed by atoms with Crippen LogP contribution < -0.4 is 0 Å². The Morgan fingerprint density at radius 2 is 2.17 bits per heavy atom. The zero-order valence-corrected chi connectivity index (χ0v) is 5.97. The highest BCUT2D eigenvalue weighted by molar-refractivity contribution is 5.16. The first kappa shape index (κ1) is 8.99. The molecule has 1 aromatic rings. The molecule has 0 atom stereocenters. The van der Waals surface area contributed by atoms with Crippen molar-refractivity contribution in [2.45, 2.75) is 13.0 Å². The summed E-state index contributed by atoms with van der Waals surface area (Å²) < 4.78 is 36.5. The van der Waals surface area contributed by atoms with Gasteiger partial charge in [0.1, 0.15) is 11.5 Å². The molecule has 0 radical (unpaired) electrons. The SMILES string of the molecule is OCc1cnc(C(F)F)cc1F. The highest BCUT2D eigenvalue weighted by Crippen LogP contribution is 2.18. The summed E-state index contributed by atoms with van der Waals surface area (Å²) in [4.78, 5) is 3.26. The third-order valence-electron chi connectivity index (χ3n) is 1.34. The van der Waals surface area contributed by atoms with Crippen LogP contribution in [-0.2, 0) is 6.61 Å². The van der Waals surface area contributed by atoms with E-state index in [0.29, 0.717) is 6.07 Å². The van der Waals surface area contributed by atoms with E-state index in [9.17, 15) is 13.2 Å². The number of halogens is 3. The van der Waals surface area contributed by atoms with Crippen molar-refractivity contribution < 1.29 is 18.3 Å². The van der Waals surface area contributed by atoms with Crippen molar-refractivity contribution in [3.63, 3.8) is 0 Å². The van der Waals surface area contributed by atoms with Crippen LogP contribution in [0, 0.1) is 5.82 Å². The second kappa shape index (κ2) is 3.53. The van der Waals surface area contributed by atoms with Gasteiger partial charge in [0.2, 0.25) is 0 Å². The molecule has 12 heavy (non-hydrogen) atoms. The van der Waals surface area contributed by atoms with E-state index in [1.54, 1.807) is 0 Å². The van der Waals surface area contributed by atoms with Gasteiger partial charge in [0, 0.05) is 17.8 Å². The van der Waals surface area contributed by atoms with Crippen molar-refractivity contribution in [2.24, 2.45) is 0 Å². The Labute approximate surface area is 66.7 Å². The molecule has 1 N–H and O–H groups in total. The molecule has 0 amide bonds. The minimum Gasteiger partial charge on any atom is -0.392 e. The Morgan fingerprint density at radius 3 is 2.58 bits per heavy atom. The summed E-state index contributed by atoms with van der Waals surface area (Å²) in [6.45, 7) is -0.539. The topological polar surface area (TPSA) is 33.1 Å². The van der Waals surface area contributed by atoms with E-state index in [0.717, 1.165) is 6.20 Å². The van der Waals surface area contributed by atoms with Crippen molar-refractivity contribution in [3.05, 3.63) is 29.3 Å². The van der Waals surface area contributed by atoms with Gasteiger partial charge < -0.3 is 5.11 Å². The van der Waals surface area contributed by atoms with Crippen LogP contribution in [0.5, 0.6) is 0 Å². The fraction of sp³-hybridized carbons (Fsp3) is 0.286. The second-order valence-electron chi connectivity index (χ2n) is 2.16. The number of aliphatic hydroxyl groups is 1. The predicted molar refractivity (Wildman–Crippen MR) is 35.1 cm³/mol. The van der Waals surface area contributed by atoms with Crippen molar-refractivity contribution >= 4 is 0 Å². The average molecular weight is 177 g/mol. The molecule has 0 aromatic carbocycles. The van der Waals surface area contributed by atoms with Gasteiger partial charge in [-0.1, -0.05) is 0 Å². The minimum atomic E-state index is -2.78. The molecule has 0 aliphatic heterocycles. The van der Waals surface area contributed by atoms with Gasteiger partial charge in [0.15, 0.2) is 0 Å². The Morgan fingerprint density at radius 1 is 1.50 bits per heavy atom. The molecule has 0 aliphatic carbocycles. The smallest absolute Gasteiger partial charge is 0.280 e. The van der Waals surface area contributed by atoms with E-state index >= 15 is 0 Å². The van der Waals surface area contributed by atoms with E-state index in [1.165, 1.54) is 0 Å². The zero-order chi connectivity index (χ0) is 9.14. The first-order valence-electron chi connectivity index (χ1n) is 3.18. The number of hydrogen-bond acceptors (Lipinski definition) is 2. The van der Waals surface area contributed by atoms with E-state index < -0.39 is 24.5 Å². The first-order valence-corrected chi connectivity index (χ1v) is 3.18. The normalized spacial score (nSPS) is 10.8.